The van der Waals surface area contributed by atoms with Crippen LogP contribution in [0.4, 0.5) is 13.2 Å². The fourth-order valence-electron chi connectivity index (χ4n) is 2.12. The number of H-pyrrole nitrogens is 1. The molecule has 1 aliphatic heterocycles. The van der Waals surface area contributed by atoms with E-state index in [1.165, 1.54) is 0 Å². The molecular formula is C11H14F3N3O. The summed E-state index contributed by atoms with van der Waals surface area (Å²) in [6, 6.07) is 0.489. The lowest BCUT2D eigenvalue weighted by molar-refractivity contribution is -0.141. The molecule has 7 heteroatoms. The van der Waals surface area contributed by atoms with E-state index in [0.29, 0.717) is 12.5 Å². The van der Waals surface area contributed by atoms with Crippen LogP contribution < -0.4 is 10.9 Å². The number of nitrogens with one attached hydrogen (secondary N) is 2. The molecule has 4 nitrogen and oxygen atoms in total. The molecule has 0 bridgehead atoms. The third kappa shape index (κ3) is 3.32. The molecule has 1 aliphatic rings. The van der Waals surface area contributed by atoms with Crippen molar-refractivity contribution in [2.45, 2.75) is 25.4 Å². The maximum absolute atomic E-state index is 12.5. The number of aromatic nitrogens is 2. The normalized spacial score (nSPS) is 20.9. The lowest BCUT2D eigenvalue weighted by Crippen LogP contribution is -2.32. The summed E-state index contributed by atoms with van der Waals surface area (Å²) in [4.78, 5) is 17.1. The van der Waals surface area contributed by atoms with E-state index in [2.05, 4.69) is 15.3 Å². The second kappa shape index (κ2) is 5.09. The molecule has 18 heavy (non-hydrogen) atoms. The minimum absolute atomic E-state index is 0.114. The zero-order valence-electron chi connectivity index (χ0n) is 9.68. The SMILES string of the molecule is O=c1cc(C(F)(F)F)nc(CC2CCCNC2)[nH]1. The molecule has 2 heterocycles. The molecule has 0 amide bonds. The summed E-state index contributed by atoms with van der Waals surface area (Å²) in [6.07, 6.45) is -2.28. The summed E-state index contributed by atoms with van der Waals surface area (Å²) < 4.78 is 37.5. The van der Waals surface area contributed by atoms with E-state index in [1.807, 2.05) is 0 Å². The van der Waals surface area contributed by atoms with Crippen molar-refractivity contribution in [1.29, 1.82) is 0 Å². The van der Waals surface area contributed by atoms with Gasteiger partial charge in [-0.2, -0.15) is 13.2 Å². The number of hydrogen-bond acceptors (Lipinski definition) is 3. The molecule has 1 aromatic rings. The highest BCUT2D eigenvalue weighted by atomic mass is 19.4. The van der Waals surface area contributed by atoms with Crippen molar-refractivity contribution in [2.75, 3.05) is 13.1 Å². The van der Waals surface area contributed by atoms with Crippen molar-refractivity contribution in [1.82, 2.24) is 15.3 Å². The van der Waals surface area contributed by atoms with Crippen LogP contribution in [-0.2, 0) is 12.6 Å². The number of piperidine rings is 1. The Morgan fingerprint density at radius 1 is 1.44 bits per heavy atom. The van der Waals surface area contributed by atoms with E-state index < -0.39 is 17.4 Å². The Bertz CT molecular complexity index is 463. The fraction of sp³-hybridized carbons (Fsp3) is 0.636. The minimum atomic E-state index is -4.58. The van der Waals surface area contributed by atoms with Crippen LogP contribution in [0.5, 0.6) is 0 Å². The van der Waals surface area contributed by atoms with Crippen LogP contribution in [0.1, 0.15) is 24.4 Å². The third-order valence-corrected chi connectivity index (χ3v) is 2.96. The van der Waals surface area contributed by atoms with Crippen LogP contribution in [0.25, 0.3) is 0 Å². The topological polar surface area (TPSA) is 57.8 Å². The van der Waals surface area contributed by atoms with Crippen molar-refractivity contribution >= 4 is 0 Å². The molecule has 1 atom stereocenters. The number of hydrogen-bond donors (Lipinski definition) is 2. The first-order valence-electron chi connectivity index (χ1n) is 5.83. The average Bonchev–Trinajstić information content (AvgIpc) is 2.28. The van der Waals surface area contributed by atoms with Crippen molar-refractivity contribution < 1.29 is 13.2 Å². The van der Waals surface area contributed by atoms with Crippen LogP contribution >= 0.6 is 0 Å². The smallest absolute Gasteiger partial charge is 0.316 e. The molecule has 0 aromatic carbocycles. The molecule has 2 rings (SSSR count). The van der Waals surface area contributed by atoms with Gasteiger partial charge in [-0.25, -0.2) is 4.98 Å². The van der Waals surface area contributed by atoms with Gasteiger partial charge < -0.3 is 10.3 Å². The van der Waals surface area contributed by atoms with Gasteiger partial charge in [0.15, 0.2) is 5.69 Å². The van der Waals surface area contributed by atoms with Crippen molar-refractivity contribution in [2.24, 2.45) is 5.92 Å². The Labute approximate surface area is 102 Å². The van der Waals surface area contributed by atoms with Gasteiger partial charge >= 0.3 is 6.18 Å². The van der Waals surface area contributed by atoms with E-state index in [-0.39, 0.29) is 11.7 Å². The van der Waals surface area contributed by atoms with Crippen LogP contribution in [0, 0.1) is 5.92 Å². The Balaban J connectivity index is 2.17. The van der Waals surface area contributed by atoms with E-state index in [0.717, 1.165) is 25.9 Å². The molecule has 1 unspecified atom stereocenters. The summed E-state index contributed by atoms with van der Waals surface area (Å²) in [5, 5.41) is 3.17. The van der Waals surface area contributed by atoms with E-state index in [4.69, 9.17) is 0 Å². The quantitative estimate of drug-likeness (QED) is 0.844. The highest BCUT2D eigenvalue weighted by Crippen LogP contribution is 2.26. The second-order valence-corrected chi connectivity index (χ2v) is 4.49. The number of nitrogens with zero attached hydrogens (tertiary/aromatic N) is 1. The predicted octanol–water partition coefficient (Wildman–Crippen LogP) is 1.33. The van der Waals surface area contributed by atoms with Crippen LogP contribution in [0.2, 0.25) is 0 Å². The minimum Gasteiger partial charge on any atom is -0.316 e. The zero-order chi connectivity index (χ0) is 13.2. The molecule has 1 fully saturated rings. The summed E-state index contributed by atoms with van der Waals surface area (Å²) in [5.41, 5.74) is -1.87. The van der Waals surface area contributed by atoms with Gasteiger partial charge in [0.1, 0.15) is 5.82 Å². The number of alkyl halides is 3. The Morgan fingerprint density at radius 2 is 2.22 bits per heavy atom. The van der Waals surface area contributed by atoms with Crippen molar-refractivity contribution in [3.63, 3.8) is 0 Å². The maximum Gasteiger partial charge on any atom is 0.433 e. The lowest BCUT2D eigenvalue weighted by Gasteiger charge is -2.22. The average molecular weight is 261 g/mol. The number of rotatable bonds is 2. The van der Waals surface area contributed by atoms with Gasteiger partial charge in [-0.3, -0.25) is 4.79 Å². The van der Waals surface area contributed by atoms with Gasteiger partial charge in [0.05, 0.1) is 0 Å². The van der Waals surface area contributed by atoms with Crippen molar-refractivity contribution in [3.05, 3.63) is 27.9 Å². The van der Waals surface area contributed by atoms with Crippen LogP contribution in [-0.4, -0.2) is 23.1 Å². The molecule has 100 valence electrons. The predicted molar refractivity (Wildman–Crippen MR) is 59.2 cm³/mol. The second-order valence-electron chi connectivity index (χ2n) is 4.49. The Hall–Kier alpha value is -1.37. The summed E-state index contributed by atoms with van der Waals surface area (Å²) >= 11 is 0. The standard InChI is InChI=1S/C11H14F3N3O/c12-11(13,14)8-5-10(18)17-9(16-8)4-7-2-1-3-15-6-7/h5,7,15H,1-4,6H2,(H,16,17,18). The van der Waals surface area contributed by atoms with Gasteiger partial charge in [-0.1, -0.05) is 0 Å². The van der Waals surface area contributed by atoms with Crippen LogP contribution in [0.3, 0.4) is 0 Å². The molecule has 0 spiro atoms. The number of halogens is 3. The van der Waals surface area contributed by atoms with Gasteiger partial charge in [-0.05, 0) is 31.8 Å². The first kappa shape index (κ1) is 13.1. The molecule has 0 aliphatic carbocycles. The highest BCUT2D eigenvalue weighted by Gasteiger charge is 2.33. The molecular weight excluding hydrogens is 247 g/mol. The first-order chi connectivity index (χ1) is 8.45. The monoisotopic (exact) mass is 261 g/mol. The largest absolute Gasteiger partial charge is 0.433 e. The lowest BCUT2D eigenvalue weighted by atomic mass is 9.96. The first-order valence-corrected chi connectivity index (χ1v) is 5.83. The third-order valence-electron chi connectivity index (χ3n) is 2.96. The molecule has 1 saturated heterocycles. The van der Waals surface area contributed by atoms with E-state index in [9.17, 15) is 18.0 Å². The van der Waals surface area contributed by atoms with E-state index >= 15 is 0 Å². The van der Waals surface area contributed by atoms with Gasteiger partial charge in [-0.15, -0.1) is 0 Å². The molecule has 2 N–H and O–H groups in total. The Morgan fingerprint density at radius 3 is 2.83 bits per heavy atom. The van der Waals surface area contributed by atoms with E-state index in [1.54, 1.807) is 0 Å². The van der Waals surface area contributed by atoms with Crippen LogP contribution in [0.15, 0.2) is 10.9 Å². The summed E-state index contributed by atoms with van der Waals surface area (Å²) in [7, 11) is 0. The van der Waals surface area contributed by atoms with Gasteiger partial charge in [0.2, 0.25) is 0 Å². The Kier molecular flexibility index (Phi) is 3.70. The van der Waals surface area contributed by atoms with Crippen molar-refractivity contribution in [3.8, 4) is 0 Å². The number of aromatic amines is 1. The summed E-state index contributed by atoms with van der Waals surface area (Å²) in [6.45, 7) is 1.68. The highest BCUT2D eigenvalue weighted by molar-refractivity contribution is 5.07. The molecule has 0 radical (unpaired) electrons. The zero-order valence-corrected chi connectivity index (χ0v) is 9.68. The molecule has 0 saturated carbocycles. The molecule has 1 aromatic heterocycles. The summed E-state index contributed by atoms with van der Waals surface area (Å²) in [5.74, 6) is 0.342. The maximum atomic E-state index is 12.5. The van der Waals surface area contributed by atoms with Gasteiger partial charge in [0.25, 0.3) is 5.56 Å². The fourth-order valence-corrected chi connectivity index (χ4v) is 2.12. The van der Waals surface area contributed by atoms with Gasteiger partial charge in [0, 0.05) is 12.5 Å².